The molecule has 0 amide bonds. The second-order valence-corrected chi connectivity index (χ2v) is 6.83. The molecule has 3 heterocycles. The largest absolute Gasteiger partial charge is 0.497 e. The summed E-state index contributed by atoms with van der Waals surface area (Å²) in [5, 5.41) is 7.28. The van der Waals surface area contributed by atoms with Gasteiger partial charge in [0, 0.05) is 30.9 Å². The Hall–Kier alpha value is -3.13. The molecule has 146 valence electrons. The zero-order valence-corrected chi connectivity index (χ0v) is 16.1. The van der Waals surface area contributed by atoms with E-state index in [0.29, 0.717) is 17.7 Å². The third-order valence-corrected chi connectivity index (χ3v) is 4.49. The van der Waals surface area contributed by atoms with Crippen LogP contribution >= 0.6 is 0 Å². The van der Waals surface area contributed by atoms with Crippen LogP contribution in [0.1, 0.15) is 13.8 Å². The normalized spacial score (nSPS) is 19.5. The highest BCUT2D eigenvalue weighted by molar-refractivity contribution is 5.64. The fourth-order valence-corrected chi connectivity index (χ4v) is 3.27. The minimum atomic E-state index is 0.144. The van der Waals surface area contributed by atoms with Crippen LogP contribution in [0, 0.1) is 0 Å². The van der Waals surface area contributed by atoms with Crippen molar-refractivity contribution in [1.29, 1.82) is 0 Å². The van der Waals surface area contributed by atoms with Gasteiger partial charge in [-0.1, -0.05) is 5.16 Å². The number of rotatable bonds is 5. The van der Waals surface area contributed by atoms with E-state index in [1.54, 1.807) is 19.4 Å². The van der Waals surface area contributed by atoms with Crippen LogP contribution < -0.4 is 15.0 Å². The number of nitrogens with one attached hydrogen (secondary N) is 1. The molecule has 0 unspecified atom stereocenters. The number of anilines is 3. The van der Waals surface area contributed by atoms with E-state index in [4.69, 9.17) is 14.0 Å². The molecule has 8 nitrogen and oxygen atoms in total. The smallest absolute Gasteiger partial charge is 0.230 e. The first-order valence-corrected chi connectivity index (χ1v) is 9.22. The van der Waals surface area contributed by atoms with E-state index in [1.165, 1.54) is 0 Å². The lowest BCUT2D eigenvalue weighted by Crippen LogP contribution is -2.46. The molecule has 2 atom stereocenters. The molecule has 1 saturated heterocycles. The maximum absolute atomic E-state index is 5.78. The fourth-order valence-electron chi connectivity index (χ4n) is 3.27. The van der Waals surface area contributed by atoms with Crippen molar-refractivity contribution in [1.82, 2.24) is 15.1 Å². The van der Waals surface area contributed by atoms with E-state index in [2.05, 4.69) is 39.2 Å². The number of hydrogen-bond acceptors (Lipinski definition) is 8. The third kappa shape index (κ3) is 4.07. The average Bonchev–Trinajstić information content (AvgIpc) is 3.16. The minimum absolute atomic E-state index is 0.144. The molecule has 1 aliphatic rings. The summed E-state index contributed by atoms with van der Waals surface area (Å²) >= 11 is 0. The predicted molar refractivity (Wildman–Crippen MR) is 106 cm³/mol. The summed E-state index contributed by atoms with van der Waals surface area (Å²) in [5.41, 5.74) is 1.67. The molecule has 8 heteroatoms. The monoisotopic (exact) mass is 381 g/mol. The lowest BCUT2D eigenvalue weighted by Gasteiger charge is -2.35. The van der Waals surface area contributed by atoms with Gasteiger partial charge in [0.2, 0.25) is 11.8 Å². The van der Waals surface area contributed by atoms with Gasteiger partial charge in [0.05, 0.1) is 19.3 Å². The maximum atomic E-state index is 5.78. The summed E-state index contributed by atoms with van der Waals surface area (Å²) in [6, 6.07) is 11.3. The molecule has 0 bridgehead atoms. The Morgan fingerprint density at radius 1 is 1.11 bits per heavy atom. The molecule has 0 aliphatic carbocycles. The van der Waals surface area contributed by atoms with Crippen molar-refractivity contribution in [2.24, 2.45) is 0 Å². The molecule has 0 radical (unpaired) electrons. The number of hydrogen-bond donors (Lipinski definition) is 1. The summed E-state index contributed by atoms with van der Waals surface area (Å²) in [7, 11) is 1.64. The fraction of sp³-hybridized carbons (Fsp3) is 0.350. The SMILES string of the molecule is COc1ccc(-c2cc(Nc3ccnc(N4C[C@@H](C)O[C@@H](C)C4)n3)on2)cc1. The van der Waals surface area contributed by atoms with Crippen LogP contribution in [0.4, 0.5) is 17.7 Å². The Kier molecular flexibility index (Phi) is 5.12. The molecule has 3 aromatic rings. The quantitative estimate of drug-likeness (QED) is 0.719. The van der Waals surface area contributed by atoms with Gasteiger partial charge in [0.1, 0.15) is 17.3 Å². The topological polar surface area (TPSA) is 85.5 Å². The Morgan fingerprint density at radius 3 is 2.57 bits per heavy atom. The van der Waals surface area contributed by atoms with Crippen LogP contribution in [-0.2, 0) is 4.74 Å². The number of nitrogens with zero attached hydrogens (tertiary/aromatic N) is 4. The summed E-state index contributed by atoms with van der Waals surface area (Å²) in [6.45, 7) is 5.63. The first-order chi connectivity index (χ1) is 13.6. The Bertz CT molecular complexity index is 918. The molecule has 1 aromatic carbocycles. The average molecular weight is 381 g/mol. The van der Waals surface area contributed by atoms with E-state index < -0.39 is 0 Å². The second kappa shape index (κ2) is 7.85. The molecule has 1 aliphatic heterocycles. The molecule has 28 heavy (non-hydrogen) atoms. The van der Waals surface area contributed by atoms with Crippen molar-refractivity contribution in [2.45, 2.75) is 26.1 Å². The number of benzene rings is 1. The molecule has 1 fully saturated rings. The number of morpholine rings is 1. The molecule has 2 aromatic heterocycles. The van der Waals surface area contributed by atoms with Crippen molar-refractivity contribution < 1.29 is 14.0 Å². The van der Waals surface area contributed by atoms with Gasteiger partial charge < -0.3 is 24.2 Å². The lowest BCUT2D eigenvalue weighted by atomic mass is 10.1. The molecule has 0 saturated carbocycles. The maximum Gasteiger partial charge on any atom is 0.230 e. The lowest BCUT2D eigenvalue weighted by molar-refractivity contribution is -0.00571. The number of methoxy groups -OCH3 is 1. The van der Waals surface area contributed by atoms with Crippen LogP contribution in [0.25, 0.3) is 11.3 Å². The summed E-state index contributed by atoms with van der Waals surface area (Å²) in [6.07, 6.45) is 2.02. The first-order valence-electron chi connectivity index (χ1n) is 9.22. The highest BCUT2D eigenvalue weighted by Crippen LogP contribution is 2.26. The summed E-state index contributed by atoms with van der Waals surface area (Å²) in [4.78, 5) is 11.1. The number of ether oxygens (including phenoxy) is 2. The van der Waals surface area contributed by atoms with E-state index >= 15 is 0 Å². The van der Waals surface area contributed by atoms with Crippen molar-refractivity contribution in [2.75, 3.05) is 30.4 Å². The Balaban J connectivity index is 1.48. The van der Waals surface area contributed by atoms with Crippen molar-refractivity contribution in [3.05, 3.63) is 42.6 Å². The standard InChI is InChI=1S/C20H23N5O3/c1-13-11-25(12-14(2)27-13)20-21-9-8-18(23-20)22-19-10-17(24-28-19)15-4-6-16(26-3)7-5-15/h4-10,13-14H,11-12H2,1-3H3,(H,21,22,23)/t13-,14+. The van der Waals surface area contributed by atoms with Crippen molar-refractivity contribution in [3.63, 3.8) is 0 Å². The summed E-state index contributed by atoms with van der Waals surface area (Å²) in [5.74, 6) is 2.63. The Labute approximate surface area is 163 Å². The van der Waals surface area contributed by atoms with Crippen molar-refractivity contribution >= 4 is 17.7 Å². The molecule has 1 N–H and O–H groups in total. The van der Waals surface area contributed by atoms with Gasteiger partial charge >= 0.3 is 0 Å². The van der Waals surface area contributed by atoms with Crippen LogP contribution in [0.3, 0.4) is 0 Å². The minimum Gasteiger partial charge on any atom is -0.497 e. The molecular formula is C20H23N5O3. The van der Waals surface area contributed by atoms with Crippen LogP contribution in [0.15, 0.2) is 47.1 Å². The second-order valence-electron chi connectivity index (χ2n) is 6.83. The Morgan fingerprint density at radius 2 is 1.86 bits per heavy atom. The zero-order valence-electron chi connectivity index (χ0n) is 16.1. The summed E-state index contributed by atoms with van der Waals surface area (Å²) < 4.78 is 16.4. The van der Waals surface area contributed by atoms with E-state index in [0.717, 1.165) is 30.1 Å². The number of aromatic nitrogens is 3. The van der Waals surface area contributed by atoms with Gasteiger partial charge in [0.15, 0.2) is 0 Å². The van der Waals surface area contributed by atoms with Crippen LogP contribution in [-0.4, -0.2) is 47.5 Å². The van der Waals surface area contributed by atoms with E-state index in [-0.39, 0.29) is 12.2 Å². The van der Waals surface area contributed by atoms with Crippen LogP contribution in [0.5, 0.6) is 5.75 Å². The highest BCUT2D eigenvalue weighted by Gasteiger charge is 2.24. The van der Waals surface area contributed by atoms with Crippen LogP contribution in [0.2, 0.25) is 0 Å². The van der Waals surface area contributed by atoms with Gasteiger partial charge in [-0.15, -0.1) is 0 Å². The van der Waals surface area contributed by atoms with Gasteiger partial charge in [-0.25, -0.2) is 4.98 Å². The molecular weight excluding hydrogens is 358 g/mol. The highest BCUT2D eigenvalue weighted by atomic mass is 16.5. The van der Waals surface area contributed by atoms with Gasteiger partial charge in [-0.05, 0) is 44.2 Å². The van der Waals surface area contributed by atoms with E-state index in [9.17, 15) is 0 Å². The van der Waals surface area contributed by atoms with Crippen molar-refractivity contribution in [3.8, 4) is 17.0 Å². The molecule has 4 rings (SSSR count). The van der Waals surface area contributed by atoms with Gasteiger partial charge in [0.25, 0.3) is 0 Å². The zero-order chi connectivity index (χ0) is 19.5. The van der Waals surface area contributed by atoms with Gasteiger partial charge in [-0.3, -0.25) is 0 Å². The third-order valence-electron chi connectivity index (χ3n) is 4.49. The molecule has 0 spiro atoms. The predicted octanol–water partition coefficient (Wildman–Crippen LogP) is 3.50. The van der Waals surface area contributed by atoms with E-state index in [1.807, 2.05) is 30.3 Å². The van der Waals surface area contributed by atoms with Gasteiger partial charge in [-0.2, -0.15) is 4.98 Å². The first kappa shape index (κ1) is 18.2.